The van der Waals surface area contributed by atoms with Crippen molar-refractivity contribution in [3.8, 4) is 0 Å². The quantitative estimate of drug-likeness (QED) is 0.854. The number of rotatable bonds is 4. The van der Waals surface area contributed by atoms with Crippen LogP contribution in [-0.2, 0) is 0 Å². The van der Waals surface area contributed by atoms with Gasteiger partial charge in [0, 0.05) is 17.8 Å². The molecular formula is C12H14F3NO. The first-order valence-corrected chi connectivity index (χ1v) is 4.99. The molecule has 0 aliphatic heterocycles. The molecule has 2 nitrogen and oxygen atoms in total. The number of nitrogens with one attached hydrogen (secondary N) is 1. The Hall–Kier alpha value is -1.49. The Labute approximate surface area is 97.8 Å². The van der Waals surface area contributed by atoms with E-state index in [0.717, 1.165) is 0 Å². The van der Waals surface area contributed by atoms with Gasteiger partial charge in [0.05, 0.1) is 17.7 Å². The van der Waals surface area contributed by atoms with Crippen molar-refractivity contribution in [1.29, 1.82) is 0 Å². The highest BCUT2D eigenvalue weighted by Gasteiger charge is 2.21. The lowest BCUT2D eigenvalue weighted by Crippen LogP contribution is -2.41. The minimum absolute atomic E-state index is 0.0425. The molecule has 0 fully saturated rings. The van der Waals surface area contributed by atoms with Crippen molar-refractivity contribution in [1.82, 2.24) is 5.32 Å². The maximum atomic E-state index is 13.4. The largest absolute Gasteiger partial charge is 0.394 e. The standard InChI is InChI=1S/C12H14F3NO/c1-7(16-12(2,3)6-17)11-9(14)4-8(13)5-10(11)15/h4-5,16-17H,1,6H2,2-3H3. The lowest BCUT2D eigenvalue weighted by atomic mass is 10.0. The molecule has 0 spiro atoms. The number of halogens is 3. The molecule has 17 heavy (non-hydrogen) atoms. The lowest BCUT2D eigenvalue weighted by molar-refractivity contribution is 0.204. The third kappa shape index (κ3) is 3.23. The molecule has 0 heterocycles. The van der Waals surface area contributed by atoms with Gasteiger partial charge in [0.25, 0.3) is 0 Å². The zero-order chi connectivity index (χ0) is 13.2. The summed E-state index contributed by atoms with van der Waals surface area (Å²) >= 11 is 0. The van der Waals surface area contributed by atoms with Gasteiger partial charge in [-0.15, -0.1) is 0 Å². The van der Waals surface area contributed by atoms with Crippen LogP contribution in [0.15, 0.2) is 18.7 Å². The topological polar surface area (TPSA) is 32.3 Å². The second kappa shape index (κ2) is 4.79. The van der Waals surface area contributed by atoms with Crippen LogP contribution in [0.25, 0.3) is 5.70 Å². The zero-order valence-electron chi connectivity index (χ0n) is 9.65. The summed E-state index contributed by atoms with van der Waals surface area (Å²) in [5.74, 6) is -3.06. The van der Waals surface area contributed by atoms with Crippen LogP contribution in [0.2, 0.25) is 0 Å². The molecule has 0 atom stereocenters. The molecule has 0 saturated carbocycles. The summed E-state index contributed by atoms with van der Waals surface area (Å²) in [6.45, 7) is 6.52. The van der Waals surface area contributed by atoms with Gasteiger partial charge in [-0.25, -0.2) is 13.2 Å². The SMILES string of the molecule is C=C(NC(C)(C)CO)c1c(F)cc(F)cc1F. The van der Waals surface area contributed by atoms with Crippen LogP contribution in [0.3, 0.4) is 0 Å². The van der Waals surface area contributed by atoms with Crippen LogP contribution in [0.4, 0.5) is 13.2 Å². The molecule has 2 N–H and O–H groups in total. The van der Waals surface area contributed by atoms with Crippen LogP contribution in [0.1, 0.15) is 19.4 Å². The normalized spacial score (nSPS) is 11.4. The maximum Gasteiger partial charge on any atom is 0.138 e. The molecular weight excluding hydrogens is 231 g/mol. The molecule has 5 heteroatoms. The molecule has 0 aliphatic rings. The number of aliphatic hydroxyl groups is 1. The van der Waals surface area contributed by atoms with Gasteiger partial charge in [0.1, 0.15) is 17.5 Å². The number of hydrogen-bond donors (Lipinski definition) is 2. The third-order valence-electron chi connectivity index (χ3n) is 2.19. The summed E-state index contributed by atoms with van der Waals surface area (Å²) in [5, 5.41) is 11.7. The summed E-state index contributed by atoms with van der Waals surface area (Å²) in [4.78, 5) is 0. The predicted octanol–water partition coefficient (Wildman–Crippen LogP) is 2.44. The predicted molar refractivity (Wildman–Crippen MR) is 59.7 cm³/mol. The number of aliphatic hydroxyl groups excluding tert-OH is 1. The van der Waals surface area contributed by atoms with E-state index in [9.17, 15) is 13.2 Å². The van der Waals surface area contributed by atoms with E-state index in [-0.39, 0.29) is 12.3 Å². The van der Waals surface area contributed by atoms with Crippen molar-refractivity contribution in [3.05, 3.63) is 41.7 Å². The average molecular weight is 245 g/mol. The first kappa shape index (κ1) is 13.6. The van der Waals surface area contributed by atoms with E-state index in [1.807, 2.05) is 0 Å². The van der Waals surface area contributed by atoms with Crippen LogP contribution >= 0.6 is 0 Å². The van der Waals surface area contributed by atoms with E-state index in [2.05, 4.69) is 11.9 Å². The van der Waals surface area contributed by atoms with Gasteiger partial charge in [-0.3, -0.25) is 0 Å². The van der Waals surface area contributed by atoms with E-state index in [1.54, 1.807) is 13.8 Å². The Balaban J connectivity index is 3.05. The highest BCUT2D eigenvalue weighted by atomic mass is 19.1. The molecule has 1 aromatic rings. The third-order valence-corrected chi connectivity index (χ3v) is 2.19. The Morgan fingerprint density at radius 3 is 2.18 bits per heavy atom. The minimum Gasteiger partial charge on any atom is -0.394 e. The van der Waals surface area contributed by atoms with Crippen LogP contribution < -0.4 is 5.32 Å². The van der Waals surface area contributed by atoms with Gasteiger partial charge in [-0.2, -0.15) is 0 Å². The van der Waals surface area contributed by atoms with Crippen molar-refractivity contribution in [2.24, 2.45) is 0 Å². The average Bonchev–Trinajstić information content (AvgIpc) is 2.14. The van der Waals surface area contributed by atoms with Crippen LogP contribution in [-0.4, -0.2) is 17.3 Å². The van der Waals surface area contributed by atoms with Gasteiger partial charge in [0.2, 0.25) is 0 Å². The molecule has 94 valence electrons. The first-order valence-electron chi connectivity index (χ1n) is 4.99. The molecule has 0 bridgehead atoms. The monoisotopic (exact) mass is 245 g/mol. The van der Waals surface area contributed by atoms with Gasteiger partial charge >= 0.3 is 0 Å². The van der Waals surface area contributed by atoms with Crippen LogP contribution in [0, 0.1) is 17.5 Å². The molecule has 0 aromatic heterocycles. The number of benzene rings is 1. The van der Waals surface area contributed by atoms with Crippen molar-refractivity contribution >= 4 is 5.70 Å². The van der Waals surface area contributed by atoms with Crippen molar-refractivity contribution < 1.29 is 18.3 Å². The smallest absolute Gasteiger partial charge is 0.138 e. The van der Waals surface area contributed by atoms with E-state index in [0.29, 0.717) is 12.1 Å². The highest BCUT2D eigenvalue weighted by molar-refractivity contribution is 5.63. The molecule has 0 amide bonds. The Morgan fingerprint density at radius 1 is 1.29 bits per heavy atom. The zero-order valence-corrected chi connectivity index (χ0v) is 9.65. The first-order chi connectivity index (χ1) is 7.76. The Bertz CT molecular complexity index is 420. The van der Waals surface area contributed by atoms with Gasteiger partial charge in [-0.1, -0.05) is 6.58 Å². The highest BCUT2D eigenvalue weighted by Crippen LogP contribution is 2.22. The summed E-state index contributed by atoms with van der Waals surface area (Å²) in [6.07, 6.45) is 0. The fourth-order valence-corrected chi connectivity index (χ4v) is 1.34. The summed E-state index contributed by atoms with van der Waals surface area (Å²) in [7, 11) is 0. The molecule has 0 radical (unpaired) electrons. The second-order valence-electron chi connectivity index (χ2n) is 4.39. The van der Waals surface area contributed by atoms with E-state index < -0.39 is 28.6 Å². The molecule has 0 saturated heterocycles. The Kier molecular flexibility index (Phi) is 3.83. The van der Waals surface area contributed by atoms with Crippen molar-refractivity contribution in [3.63, 3.8) is 0 Å². The molecule has 0 unspecified atom stereocenters. The lowest BCUT2D eigenvalue weighted by Gasteiger charge is -2.26. The number of hydrogen-bond acceptors (Lipinski definition) is 2. The van der Waals surface area contributed by atoms with Gasteiger partial charge < -0.3 is 10.4 Å². The van der Waals surface area contributed by atoms with Gasteiger partial charge in [-0.05, 0) is 13.8 Å². The Morgan fingerprint density at radius 2 is 1.76 bits per heavy atom. The molecule has 1 aromatic carbocycles. The minimum atomic E-state index is -1.03. The summed E-state index contributed by atoms with van der Waals surface area (Å²) in [6, 6.07) is 1.16. The fourth-order valence-electron chi connectivity index (χ4n) is 1.34. The van der Waals surface area contributed by atoms with E-state index in [4.69, 9.17) is 5.11 Å². The summed E-state index contributed by atoms with van der Waals surface area (Å²) in [5.41, 5.74) is -1.24. The van der Waals surface area contributed by atoms with Gasteiger partial charge in [0.15, 0.2) is 0 Å². The summed E-state index contributed by atoms with van der Waals surface area (Å²) < 4.78 is 39.5. The van der Waals surface area contributed by atoms with Crippen molar-refractivity contribution in [2.75, 3.05) is 6.61 Å². The molecule has 1 rings (SSSR count). The second-order valence-corrected chi connectivity index (χ2v) is 4.39. The van der Waals surface area contributed by atoms with E-state index in [1.165, 1.54) is 0 Å². The van der Waals surface area contributed by atoms with E-state index >= 15 is 0 Å². The molecule has 0 aliphatic carbocycles. The maximum absolute atomic E-state index is 13.4. The fraction of sp³-hybridized carbons (Fsp3) is 0.333. The van der Waals surface area contributed by atoms with Crippen molar-refractivity contribution in [2.45, 2.75) is 19.4 Å². The van der Waals surface area contributed by atoms with Crippen LogP contribution in [0.5, 0.6) is 0 Å².